The van der Waals surface area contributed by atoms with Gasteiger partial charge in [-0.1, -0.05) is 53.1 Å². The molecule has 2 aliphatic heterocycles. The number of anilines is 2. The van der Waals surface area contributed by atoms with Crippen molar-refractivity contribution in [3.05, 3.63) is 123 Å². The van der Waals surface area contributed by atoms with Gasteiger partial charge >= 0.3 is 6.18 Å². The number of pyridine rings is 1. The number of halogens is 5. The predicted molar refractivity (Wildman–Crippen MR) is 200 cm³/mol. The quantitative estimate of drug-likeness (QED) is 0.110. The van der Waals surface area contributed by atoms with Gasteiger partial charge in [-0.25, -0.2) is 4.98 Å². The summed E-state index contributed by atoms with van der Waals surface area (Å²) in [6, 6.07) is 17.4. The molecule has 4 aliphatic rings. The first-order valence-corrected chi connectivity index (χ1v) is 18.5. The number of Topliss-reactive ketones (excluding diaryl/α,β-unsaturated/α-hetero) is 1. The Morgan fingerprint density at radius 3 is 2.30 bits per heavy atom. The number of hydrogen-bond donors (Lipinski definition) is 2. The first-order chi connectivity index (χ1) is 27.1. The Balaban J connectivity index is 1.32. The number of ketones is 1. The predicted octanol–water partition coefficient (Wildman–Crippen LogP) is 7.51. The molecule has 11 nitrogen and oxygen atoms in total. The Hall–Kier alpha value is -5.73. The summed E-state index contributed by atoms with van der Waals surface area (Å²) in [5.74, 6) is -8.57. The second-order valence-corrected chi connectivity index (χ2v) is 15.3. The lowest BCUT2D eigenvalue weighted by Crippen LogP contribution is -2.53. The number of methoxy groups -OCH3 is 1. The van der Waals surface area contributed by atoms with Crippen molar-refractivity contribution in [3.8, 4) is 11.5 Å². The Kier molecular flexibility index (Phi) is 9.19. The molecule has 3 heterocycles. The van der Waals surface area contributed by atoms with Gasteiger partial charge in [0.05, 0.1) is 46.6 Å². The van der Waals surface area contributed by atoms with Gasteiger partial charge in [0.2, 0.25) is 11.8 Å². The maximum atomic E-state index is 15.4. The van der Waals surface area contributed by atoms with Crippen LogP contribution in [0.4, 0.5) is 24.7 Å². The van der Waals surface area contributed by atoms with Crippen molar-refractivity contribution in [2.75, 3.05) is 17.4 Å². The maximum absolute atomic E-state index is 15.4. The number of fused-ring (bicyclic) bond motifs is 4. The Labute approximate surface area is 333 Å². The number of nitrogens with zero attached hydrogens (tertiary/aromatic N) is 3. The molecule has 0 spiro atoms. The first-order valence-electron chi connectivity index (χ1n) is 17.8. The summed E-state index contributed by atoms with van der Waals surface area (Å²) in [4.78, 5) is 75.8. The molecule has 8 rings (SSSR count). The van der Waals surface area contributed by atoms with E-state index in [1.807, 2.05) is 0 Å². The number of carbonyl (C=O) groups is 5. The minimum Gasteiger partial charge on any atom is -0.508 e. The van der Waals surface area contributed by atoms with Crippen LogP contribution in [-0.4, -0.2) is 51.6 Å². The van der Waals surface area contributed by atoms with Gasteiger partial charge < -0.3 is 9.84 Å². The van der Waals surface area contributed by atoms with Crippen LogP contribution in [0.1, 0.15) is 52.7 Å². The first kappa shape index (κ1) is 38.2. The van der Waals surface area contributed by atoms with Crippen LogP contribution in [0.2, 0.25) is 10.0 Å². The van der Waals surface area contributed by atoms with Crippen molar-refractivity contribution in [3.63, 3.8) is 0 Å². The number of imide groups is 2. The zero-order chi connectivity index (χ0) is 40.7. The summed E-state index contributed by atoms with van der Waals surface area (Å²) in [7, 11) is 1.37. The Morgan fingerprint density at radius 2 is 1.67 bits per heavy atom. The fourth-order valence-electron chi connectivity index (χ4n) is 9.20. The highest BCUT2D eigenvalue weighted by Gasteiger charge is 2.71. The minimum absolute atomic E-state index is 0.0755. The Bertz CT molecular complexity index is 2420. The van der Waals surface area contributed by atoms with Gasteiger partial charge in [-0.3, -0.25) is 34.3 Å². The molecule has 2 saturated heterocycles. The van der Waals surface area contributed by atoms with Crippen molar-refractivity contribution in [1.29, 1.82) is 0 Å². The zero-order valence-electron chi connectivity index (χ0n) is 30.0. The van der Waals surface area contributed by atoms with E-state index in [2.05, 4.69) is 10.4 Å². The molecule has 57 heavy (non-hydrogen) atoms. The summed E-state index contributed by atoms with van der Waals surface area (Å²) >= 11 is 12.6. The molecule has 1 aromatic heterocycles. The van der Waals surface area contributed by atoms with Crippen molar-refractivity contribution in [2.24, 2.45) is 23.7 Å². The molecule has 0 unspecified atom stereocenters. The van der Waals surface area contributed by atoms with Crippen LogP contribution in [0.15, 0.2) is 90.6 Å². The minimum atomic E-state index is -4.78. The van der Waals surface area contributed by atoms with Crippen LogP contribution in [0.25, 0.3) is 0 Å². The van der Waals surface area contributed by atoms with E-state index < -0.39 is 81.2 Å². The maximum Gasteiger partial charge on any atom is 0.417 e. The molecule has 3 fully saturated rings. The van der Waals surface area contributed by atoms with E-state index in [1.165, 1.54) is 62.6 Å². The number of ether oxygens (including phenoxy) is 1. The normalized spacial score (nSPS) is 25.5. The molecule has 4 aromatic rings. The van der Waals surface area contributed by atoms with Gasteiger partial charge in [-0.05, 0) is 85.8 Å². The number of hydrazine groups is 1. The lowest BCUT2D eigenvalue weighted by Gasteiger charge is -2.50. The van der Waals surface area contributed by atoms with E-state index in [0.717, 1.165) is 4.90 Å². The third-order valence-corrected chi connectivity index (χ3v) is 12.2. The van der Waals surface area contributed by atoms with E-state index in [-0.39, 0.29) is 41.4 Å². The molecule has 2 aliphatic carbocycles. The SMILES string of the molecule is COc1cccc(O)c1[C@H]1C2=CC[C@@H]3C(=O)N(c4ccc(C(C)=O)cc4)C(=O)[C@@H]3[C@@H]2C[C@H]2C(=O)N(Nc3ncc(C(F)(F)F)cc3Cl)C(=O)[C@@]12c1ccc(Cl)cc1. The number of alkyl halides is 3. The lowest BCUT2D eigenvalue weighted by molar-refractivity contribution is -0.139. The number of aromatic hydroxyl groups is 1. The van der Waals surface area contributed by atoms with Gasteiger partial charge in [0.1, 0.15) is 11.5 Å². The number of amides is 4. The van der Waals surface area contributed by atoms with Gasteiger partial charge in [-0.2, -0.15) is 18.2 Å². The van der Waals surface area contributed by atoms with Crippen molar-refractivity contribution >= 4 is 64.1 Å². The standard InChI is InChI=1S/C41H31Cl2F3N4O7/c1-19(51)20-6-12-24(13-7-20)49-36(53)26-15-14-25-27(32(26)38(49)55)17-28-37(54)50(48-35-29(43)16-22(18-47-35)41(44,45)46)39(56)40(28,21-8-10-23(42)11-9-21)34(25)33-30(52)4-3-5-31(33)57-2/h3-14,16,18,26-28,32,34,52H,15,17H2,1-2H3,(H,47,48)/t26-,27+,28-,32-,34+,40+/m0/s1. The number of phenols is 1. The van der Waals surface area contributed by atoms with Gasteiger partial charge in [0, 0.05) is 28.3 Å². The van der Waals surface area contributed by atoms with E-state index in [1.54, 1.807) is 24.3 Å². The summed E-state index contributed by atoms with van der Waals surface area (Å²) in [5, 5.41) is 12.1. The Morgan fingerprint density at radius 1 is 0.965 bits per heavy atom. The number of phenolic OH excluding ortho intramolecular Hbond substituents is 1. The summed E-state index contributed by atoms with van der Waals surface area (Å²) in [6.07, 6.45) is -2.54. The average Bonchev–Trinajstić information content (AvgIpc) is 3.56. The highest BCUT2D eigenvalue weighted by atomic mass is 35.5. The fourth-order valence-corrected chi connectivity index (χ4v) is 9.53. The molecule has 4 amide bonds. The van der Waals surface area contributed by atoms with Gasteiger partial charge in [-0.15, -0.1) is 0 Å². The molecule has 0 radical (unpaired) electrons. The molecule has 6 atom stereocenters. The molecular formula is C41H31Cl2F3N4O7. The van der Waals surface area contributed by atoms with Gasteiger partial charge in [0.15, 0.2) is 11.6 Å². The highest BCUT2D eigenvalue weighted by Crippen LogP contribution is 2.66. The smallest absolute Gasteiger partial charge is 0.417 e. The van der Waals surface area contributed by atoms with Crippen LogP contribution < -0.4 is 15.1 Å². The molecule has 2 N–H and O–H groups in total. The van der Waals surface area contributed by atoms with Crippen LogP contribution in [0, 0.1) is 23.7 Å². The largest absolute Gasteiger partial charge is 0.508 e. The number of allylic oxidation sites excluding steroid dienone is 2. The van der Waals surface area contributed by atoms with Crippen LogP contribution >= 0.6 is 23.2 Å². The molecule has 0 bridgehead atoms. The number of aromatic nitrogens is 1. The lowest BCUT2D eigenvalue weighted by atomic mass is 9.49. The number of rotatable bonds is 7. The summed E-state index contributed by atoms with van der Waals surface area (Å²) in [5.41, 5.74) is 1.14. The average molecular weight is 820 g/mol. The number of benzene rings is 3. The molecule has 1 saturated carbocycles. The molecule has 292 valence electrons. The van der Waals surface area contributed by atoms with E-state index in [0.29, 0.717) is 39.0 Å². The summed E-state index contributed by atoms with van der Waals surface area (Å²) in [6.45, 7) is 1.40. The number of hydrogen-bond acceptors (Lipinski definition) is 9. The van der Waals surface area contributed by atoms with Crippen LogP contribution in [-0.2, 0) is 30.8 Å². The van der Waals surface area contributed by atoms with Crippen LogP contribution in [0.5, 0.6) is 11.5 Å². The number of carbonyl (C=O) groups excluding carboxylic acids is 5. The van der Waals surface area contributed by atoms with Crippen molar-refractivity contribution in [2.45, 2.75) is 37.3 Å². The van der Waals surface area contributed by atoms with Crippen LogP contribution in [0.3, 0.4) is 0 Å². The zero-order valence-corrected chi connectivity index (χ0v) is 31.5. The third kappa shape index (κ3) is 5.79. The van der Waals surface area contributed by atoms with Gasteiger partial charge in [0.25, 0.3) is 11.8 Å². The van der Waals surface area contributed by atoms with E-state index >= 15 is 4.79 Å². The number of nitrogens with one attached hydrogen (secondary N) is 1. The van der Waals surface area contributed by atoms with E-state index in [9.17, 15) is 37.5 Å². The second kappa shape index (κ2) is 13.7. The topological polar surface area (TPSA) is 146 Å². The molecule has 16 heteroatoms. The van der Waals surface area contributed by atoms with Crippen molar-refractivity contribution < 1.29 is 47.0 Å². The monoisotopic (exact) mass is 818 g/mol. The molecular weight excluding hydrogens is 788 g/mol. The van der Waals surface area contributed by atoms with Crippen molar-refractivity contribution in [1.82, 2.24) is 9.99 Å². The third-order valence-electron chi connectivity index (χ3n) is 11.6. The van der Waals surface area contributed by atoms with E-state index in [4.69, 9.17) is 27.9 Å². The highest BCUT2D eigenvalue weighted by molar-refractivity contribution is 6.33. The second-order valence-electron chi connectivity index (χ2n) is 14.4. The summed E-state index contributed by atoms with van der Waals surface area (Å²) < 4.78 is 46.3. The molecule has 3 aromatic carbocycles. The fraction of sp³-hybridized carbons (Fsp3) is 0.268.